The molecule has 26 heavy (non-hydrogen) atoms. The fourth-order valence-electron chi connectivity index (χ4n) is 3.81. The van der Waals surface area contributed by atoms with E-state index in [1.165, 1.54) is 11.4 Å². The summed E-state index contributed by atoms with van der Waals surface area (Å²) < 4.78 is 2.19. The number of hydrogen-bond acceptors (Lipinski definition) is 5. The van der Waals surface area contributed by atoms with Crippen molar-refractivity contribution in [1.29, 1.82) is 0 Å². The van der Waals surface area contributed by atoms with Crippen LogP contribution in [0.25, 0.3) is 11.0 Å². The molecule has 1 fully saturated rings. The molecule has 0 saturated carbocycles. The number of benzene rings is 1. The summed E-state index contributed by atoms with van der Waals surface area (Å²) >= 11 is 1.73. The number of carboxylic acids is 1. The van der Waals surface area contributed by atoms with Crippen LogP contribution in [0.15, 0.2) is 29.8 Å². The van der Waals surface area contributed by atoms with Gasteiger partial charge in [-0.15, -0.1) is 11.3 Å². The van der Waals surface area contributed by atoms with Gasteiger partial charge in [-0.3, -0.25) is 4.90 Å². The molecule has 1 atom stereocenters. The topological polar surface area (TPSA) is 71.2 Å². The number of carboxylic acid groups (broad SMARTS) is 1. The molecule has 1 aromatic carbocycles. The van der Waals surface area contributed by atoms with Gasteiger partial charge in [0, 0.05) is 31.1 Å². The third-order valence-corrected chi connectivity index (χ3v) is 5.87. The van der Waals surface area contributed by atoms with Crippen LogP contribution in [-0.2, 0) is 19.5 Å². The normalized spacial score (nSPS) is 18.0. The number of likely N-dealkylation sites (tertiary alicyclic amines) is 1. The summed E-state index contributed by atoms with van der Waals surface area (Å²) in [6, 6.07) is 5.19. The summed E-state index contributed by atoms with van der Waals surface area (Å²) in [5, 5.41) is 12.5. The van der Waals surface area contributed by atoms with Crippen LogP contribution in [0, 0.1) is 5.92 Å². The van der Waals surface area contributed by atoms with Gasteiger partial charge in [-0.25, -0.2) is 14.8 Å². The minimum absolute atomic E-state index is 0.287. The number of fused-ring (bicyclic) bond motifs is 1. The summed E-state index contributed by atoms with van der Waals surface area (Å²) in [4.78, 5) is 22.8. The third kappa shape index (κ3) is 3.37. The Kier molecular flexibility index (Phi) is 4.74. The fraction of sp³-hybridized carbons (Fsp3) is 0.421. The van der Waals surface area contributed by atoms with Crippen molar-refractivity contribution in [3.05, 3.63) is 46.2 Å². The number of thiazole rings is 1. The number of nitrogens with zero attached hydrogens (tertiary/aromatic N) is 4. The highest BCUT2D eigenvalue weighted by molar-refractivity contribution is 7.09. The number of aromatic nitrogens is 3. The Bertz CT molecular complexity index is 919. The fourth-order valence-corrected chi connectivity index (χ4v) is 4.54. The van der Waals surface area contributed by atoms with Crippen molar-refractivity contribution >= 4 is 28.3 Å². The van der Waals surface area contributed by atoms with Crippen molar-refractivity contribution in [3.63, 3.8) is 0 Å². The maximum atomic E-state index is 11.2. The molecule has 2 aromatic heterocycles. The van der Waals surface area contributed by atoms with Crippen LogP contribution in [0.5, 0.6) is 0 Å². The molecule has 1 aliphatic heterocycles. The molecule has 0 amide bonds. The molecule has 1 N–H and O–H groups in total. The van der Waals surface area contributed by atoms with E-state index in [4.69, 9.17) is 4.98 Å². The number of carbonyl (C=O) groups is 1. The summed E-state index contributed by atoms with van der Waals surface area (Å²) in [6.45, 7) is 5.87. The summed E-state index contributed by atoms with van der Waals surface area (Å²) in [6.07, 6.45) is 4.12. The second-order valence-electron chi connectivity index (χ2n) is 6.80. The van der Waals surface area contributed by atoms with E-state index in [0.717, 1.165) is 49.5 Å². The first kappa shape index (κ1) is 17.2. The molecule has 1 aliphatic rings. The first-order chi connectivity index (χ1) is 12.6. The number of rotatable bonds is 6. The summed E-state index contributed by atoms with van der Waals surface area (Å²) in [5.74, 6) is 0.753. The number of imidazole rings is 1. The SMILES string of the molecule is CCn1c(CN2CCC(Cc3nccs3)C2)nc2cc(C(=O)O)ccc21. The Morgan fingerprint density at radius 2 is 2.31 bits per heavy atom. The van der Waals surface area contributed by atoms with E-state index in [-0.39, 0.29) is 5.56 Å². The maximum Gasteiger partial charge on any atom is 0.335 e. The van der Waals surface area contributed by atoms with E-state index in [9.17, 15) is 9.90 Å². The Morgan fingerprint density at radius 3 is 3.04 bits per heavy atom. The standard InChI is InChI=1S/C19H22N4O2S/c1-2-23-16-4-3-14(19(24)25)10-15(16)21-17(23)12-22-7-5-13(11-22)9-18-20-6-8-26-18/h3-4,6,8,10,13H,2,5,7,9,11-12H2,1H3,(H,24,25). The van der Waals surface area contributed by atoms with Crippen molar-refractivity contribution in [2.45, 2.75) is 32.9 Å². The highest BCUT2D eigenvalue weighted by atomic mass is 32.1. The zero-order valence-electron chi connectivity index (χ0n) is 14.8. The molecule has 3 heterocycles. The van der Waals surface area contributed by atoms with E-state index in [1.54, 1.807) is 23.5 Å². The van der Waals surface area contributed by atoms with Gasteiger partial charge in [0.15, 0.2) is 0 Å². The highest BCUT2D eigenvalue weighted by Gasteiger charge is 2.25. The Labute approximate surface area is 156 Å². The van der Waals surface area contributed by atoms with Gasteiger partial charge < -0.3 is 9.67 Å². The van der Waals surface area contributed by atoms with E-state index >= 15 is 0 Å². The minimum atomic E-state index is -0.913. The zero-order chi connectivity index (χ0) is 18.1. The third-order valence-electron chi connectivity index (χ3n) is 5.07. The van der Waals surface area contributed by atoms with Crippen LogP contribution >= 0.6 is 11.3 Å². The lowest BCUT2D eigenvalue weighted by atomic mass is 10.1. The van der Waals surface area contributed by atoms with Gasteiger partial charge in [-0.1, -0.05) is 0 Å². The number of aromatic carboxylic acids is 1. The van der Waals surface area contributed by atoms with E-state index in [1.807, 2.05) is 17.6 Å². The van der Waals surface area contributed by atoms with Crippen molar-refractivity contribution in [2.24, 2.45) is 5.92 Å². The van der Waals surface area contributed by atoms with Crippen LogP contribution in [0.1, 0.15) is 34.5 Å². The second-order valence-corrected chi connectivity index (χ2v) is 7.78. The Hall–Kier alpha value is -2.25. The minimum Gasteiger partial charge on any atom is -0.478 e. The lowest BCUT2D eigenvalue weighted by molar-refractivity contribution is 0.0697. The molecule has 4 rings (SSSR count). The first-order valence-electron chi connectivity index (χ1n) is 8.97. The molecule has 1 saturated heterocycles. The molecule has 0 bridgehead atoms. The van der Waals surface area contributed by atoms with Gasteiger partial charge in [-0.2, -0.15) is 0 Å². The molecule has 3 aromatic rings. The lowest BCUT2D eigenvalue weighted by Gasteiger charge is -2.16. The smallest absolute Gasteiger partial charge is 0.335 e. The average Bonchev–Trinajstić information content (AvgIpc) is 3.35. The molecular formula is C19H22N4O2S. The first-order valence-corrected chi connectivity index (χ1v) is 9.85. The molecule has 6 nitrogen and oxygen atoms in total. The average molecular weight is 370 g/mol. The predicted octanol–water partition coefficient (Wildman–Crippen LogP) is 3.28. The quantitative estimate of drug-likeness (QED) is 0.721. The van der Waals surface area contributed by atoms with E-state index < -0.39 is 5.97 Å². The van der Waals surface area contributed by atoms with Crippen LogP contribution in [0.4, 0.5) is 0 Å². The molecule has 7 heteroatoms. The van der Waals surface area contributed by atoms with Crippen LogP contribution in [0.2, 0.25) is 0 Å². The van der Waals surface area contributed by atoms with Gasteiger partial charge in [0.05, 0.1) is 28.1 Å². The molecular weight excluding hydrogens is 348 g/mol. The Balaban J connectivity index is 1.50. The van der Waals surface area contributed by atoms with Gasteiger partial charge in [0.25, 0.3) is 0 Å². The molecule has 1 unspecified atom stereocenters. The van der Waals surface area contributed by atoms with Crippen molar-refractivity contribution < 1.29 is 9.90 Å². The lowest BCUT2D eigenvalue weighted by Crippen LogP contribution is -2.23. The van der Waals surface area contributed by atoms with Crippen molar-refractivity contribution in [3.8, 4) is 0 Å². The van der Waals surface area contributed by atoms with Gasteiger partial charge in [0.2, 0.25) is 0 Å². The molecule has 0 spiro atoms. The second kappa shape index (κ2) is 7.17. The monoisotopic (exact) mass is 370 g/mol. The van der Waals surface area contributed by atoms with E-state index in [2.05, 4.69) is 21.4 Å². The van der Waals surface area contributed by atoms with Gasteiger partial charge in [0.1, 0.15) is 5.82 Å². The van der Waals surface area contributed by atoms with Gasteiger partial charge in [-0.05, 0) is 44.0 Å². The predicted molar refractivity (Wildman–Crippen MR) is 102 cm³/mol. The van der Waals surface area contributed by atoms with Crippen molar-refractivity contribution in [1.82, 2.24) is 19.4 Å². The maximum absolute atomic E-state index is 11.2. The Morgan fingerprint density at radius 1 is 1.42 bits per heavy atom. The number of hydrogen-bond donors (Lipinski definition) is 1. The van der Waals surface area contributed by atoms with Crippen LogP contribution in [-0.4, -0.2) is 43.6 Å². The largest absolute Gasteiger partial charge is 0.478 e. The zero-order valence-corrected chi connectivity index (χ0v) is 15.6. The number of aryl methyl sites for hydroxylation is 1. The highest BCUT2D eigenvalue weighted by Crippen LogP contribution is 2.25. The van der Waals surface area contributed by atoms with Crippen LogP contribution < -0.4 is 0 Å². The molecule has 0 aliphatic carbocycles. The summed E-state index contributed by atoms with van der Waals surface area (Å²) in [5.41, 5.74) is 2.06. The van der Waals surface area contributed by atoms with E-state index in [0.29, 0.717) is 5.92 Å². The van der Waals surface area contributed by atoms with Crippen LogP contribution in [0.3, 0.4) is 0 Å². The molecule has 0 radical (unpaired) electrons. The van der Waals surface area contributed by atoms with Gasteiger partial charge >= 0.3 is 5.97 Å². The van der Waals surface area contributed by atoms with Crippen molar-refractivity contribution in [2.75, 3.05) is 13.1 Å². The molecule has 136 valence electrons. The summed E-state index contributed by atoms with van der Waals surface area (Å²) in [7, 11) is 0.